The zero-order chi connectivity index (χ0) is 16.3. The highest BCUT2D eigenvalue weighted by Gasteiger charge is 2.40. The molecule has 2 rings (SSSR count). The molecule has 1 aliphatic rings. The van der Waals surface area contributed by atoms with Crippen molar-refractivity contribution < 1.29 is 23.8 Å². The molecule has 1 aromatic rings. The van der Waals surface area contributed by atoms with Gasteiger partial charge in [-0.15, -0.1) is 0 Å². The molecule has 1 aromatic carbocycles. The number of piperidine rings is 1. The van der Waals surface area contributed by atoms with Crippen LogP contribution in [-0.4, -0.2) is 41.1 Å². The standard InChI is InChI=1S/C16H20FNO4/c1-11(22-13-6-4-12(17)5-7-13)14(19)18-9-3-8-16(2,10-18)15(20)21/h4-7,11H,3,8-10H2,1-2H3,(H,20,21). The van der Waals surface area contributed by atoms with Crippen LogP contribution in [0.5, 0.6) is 5.75 Å². The van der Waals surface area contributed by atoms with E-state index in [9.17, 15) is 19.1 Å². The summed E-state index contributed by atoms with van der Waals surface area (Å²) in [4.78, 5) is 25.3. The molecule has 0 saturated carbocycles. The van der Waals surface area contributed by atoms with Crippen LogP contribution in [0.3, 0.4) is 0 Å². The minimum atomic E-state index is -0.913. The van der Waals surface area contributed by atoms with Crippen LogP contribution in [0.15, 0.2) is 24.3 Å². The number of carbonyl (C=O) groups is 2. The second-order valence-electron chi connectivity index (χ2n) is 5.94. The smallest absolute Gasteiger partial charge is 0.311 e. The lowest BCUT2D eigenvalue weighted by Crippen LogP contribution is -2.51. The number of carboxylic acids is 1. The zero-order valence-electron chi connectivity index (χ0n) is 12.7. The molecule has 1 amide bonds. The molecule has 22 heavy (non-hydrogen) atoms. The van der Waals surface area contributed by atoms with Crippen molar-refractivity contribution in [3.05, 3.63) is 30.1 Å². The second kappa shape index (κ2) is 6.34. The van der Waals surface area contributed by atoms with Crippen molar-refractivity contribution in [2.45, 2.75) is 32.8 Å². The van der Waals surface area contributed by atoms with Crippen LogP contribution in [-0.2, 0) is 9.59 Å². The normalized spacial score (nSPS) is 23.0. The van der Waals surface area contributed by atoms with Gasteiger partial charge in [0.1, 0.15) is 11.6 Å². The molecule has 1 fully saturated rings. The number of hydrogen-bond donors (Lipinski definition) is 1. The Hall–Kier alpha value is -2.11. The Kier molecular flexibility index (Phi) is 4.68. The number of benzene rings is 1. The molecule has 2 atom stereocenters. The lowest BCUT2D eigenvalue weighted by Gasteiger charge is -2.38. The maximum Gasteiger partial charge on any atom is 0.311 e. The minimum absolute atomic E-state index is 0.179. The van der Waals surface area contributed by atoms with Crippen molar-refractivity contribution in [2.24, 2.45) is 5.41 Å². The highest BCUT2D eigenvalue weighted by molar-refractivity contribution is 5.82. The second-order valence-corrected chi connectivity index (χ2v) is 5.94. The van der Waals surface area contributed by atoms with Crippen LogP contribution >= 0.6 is 0 Å². The lowest BCUT2D eigenvalue weighted by molar-refractivity contribution is -0.155. The molecule has 120 valence electrons. The van der Waals surface area contributed by atoms with Gasteiger partial charge in [0.2, 0.25) is 0 Å². The van der Waals surface area contributed by atoms with Crippen LogP contribution in [0, 0.1) is 11.2 Å². The molecular weight excluding hydrogens is 289 g/mol. The van der Waals surface area contributed by atoms with Gasteiger partial charge in [-0.1, -0.05) is 0 Å². The molecule has 1 saturated heterocycles. The summed E-state index contributed by atoms with van der Waals surface area (Å²) in [7, 11) is 0. The number of rotatable bonds is 4. The van der Waals surface area contributed by atoms with E-state index in [1.54, 1.807) is 13.8 Å². The zero-order valence-corrected chi connectivity index (χ0v) is 12.7. The van der Waals surface area contributed by atoms with Gasteiger partial charge in [0, 0.05) is 13.1 Å². The van der Waals surface area contributed by atoms with Gasteiger partial charge < -0.3 is 14.7 Å². The third kappa shape index (κ3) is 3.55. The van der Waals surface area contributed by atoms with Gasteiger partial charge in [-0.2, -0.15) is 0 Å². The van der Waals surface area contributed by atoms with Gasteiger partial charge in [0.25, 0.3) is 5.91 Å². The van der Waals surface area contributed by atoms with Gasteiger partial charge >= 0.3 is 5.97 Å². The molecule has 0 spiro atoms. The molecule has 1 aliphatic heterocycles. The summed E-state index contributed by atoms with van der Waals surface area (Å²) in [5.41, 5.74) is -0.913. The molecule has 1 N–H and O–H groups in total. The number of carboxylic acid groups (broad SMARTS) is 1. The van der Waals surface area contributed by atoms with E-state index in [1.807, 2.05) is 0 Å². The summed E-state index contributed by atoms with van der Waals surface area (Å²) < 4.78 is 18.4. The van der Waals surface area contributed by atoms with Crippen molar-refractivity contribution in [1.29, 1.82) is 0 Å². The number of amides is 1. The van der Waals surface area contributed by atoms with Crippen molar-refractivity contribution >= 4 is 11.9 Å². The van der Waals surface area contributed by atoms with Crippen molar-refractivity contribution in [1.82, 2.24) is 4.90 Å². The van der Waals surface area contributed by atoms with Crippen molar-refractivity contribution in [3.8, 4) is 5.75 Å². The first-order valence-corrected chi connectivity index (χ1v) is 7.26. The van der Waals surface area contributed by atoms with E-state index >= 15 is 0 Å². The molecule has 2 unspecified atom stereocenters. The number of halogens is 1. The van der Waals surface area contributed by atoms with Gasteiger partial charge in [0.05, 0.1) is 5.41 Å². The summed E-state index contributed by atoms with van der Waals surface area (Å²) in [6.07, 6.45) is 0.457. The Balaban J connectivity index is 2.01. The van der Waals surface area contributed by atoms with Gasteiger partial charge in [0.15, 0.2) is 6.10 Å². The number of aliphatic carboxylic acids is 1. The summed E-state index contributed by atoms with van der Waals surface area (Å²) in [6, 6.07) is 5.43. The number of ether oxygens (including phenoxy) is 1. The number of likely N-dealkylation sites (tertiary alicyclic amines) is 1. The molecule has 5 nitrogen and oxygen atoms in total. The molecule has 0 aromatic heterocycles. The van der Waals surface area contributed by atoms with E-state index in [0.717, 1.165) is 0 Å². The first-order chi connectivity index (χ1) is 10.3. The predicted octanol–water partition coefficient (Wildman–Crippen LogP) is 2.31. The first kappa shape index (κ1) is 16.3. The maximum atomic E-state index is 12.8. The van der Waals surface area contributed by atoms with E-state index in [-0.39, 0.29) is 18.3 Å². The Morgan fingerprint density at radius 1 is 1.36 bits per heavy atom. The Labute approximate surface area is 128 Å². The van der Waals surface area contributed by atoms with Crippen molar-refractivity contribution in [3.63, 3.8) is 0 Å². The molecule has 0 bridgehead atoms. The highest BCUT2D eigenvalue weighted by Crippen LogP contribution is 2.30. The molecule has 1 heterocycles. The Bertz CT molecular complexity index is 560. The maximum absolute atomic E-state index is 12.8. The van der Waals surface area contributed by atoms with Gasteiger partial charge in [-0.05, 0) is 51.0 Å². The third-order valence-corrected chi connectivity index (χ3v) is 4.00. The monoisotopic (exact) mass is 309 g/mol. The minimum Gasteiger partial charge on any atom is -0.481 e. The SMILES string of the molecule is CC(Oc1ccc(F)cc1)C(=O)N1CCCC(C)(C(=O)O)C1. The number of carbonyl (C=O) groups excluding carboxylic acids is 1. The topological polar surface area (TPSA) is 66.8 Å². The van der Waals surface area contributed by atoms with E-state index < -0.39 is 17.5 Å². The number of nitrogens with zero attached hydrogens (tertiary/aromatic N) is 1. The largest absolute Gasteiger partial charge is 0.481 e. The fourth-order valence-corrected chi connectivity index (χ4v) is 2.63. The molecular formula is C16H20FNO4. The van der Waals surface area contributed by atoms with Gasteiger partial charge in [-0.25, -0.2) is 4.39 Å². The quantitative estimate of drug-likeness (QED) is 0.927. The number of hydrogen-bond acceptors (Lipinski definition) is 3. The Morgan fingerprint density at radius 3 is 2.59 bits per heavy atom. The van der Waals surface area contributed by atoms with Crippen LogP contribution in [0.25, 0.3) is 0 Å². The fraction of sp³-hybridized carbons (Fsp3) is 0.500. The van der Waals surface area contributed by atoms with E-state index in [0.29, 0.717) is 25.1 Å². The van der Waals surface area contributed by atoms with E-state index in [4.69, 9.17) is 4.74 Å². The third-order valence-electron chi connectivity index (χ3n) is 4.00. The molecule has 6 heteroatoms. The van der Waals surface area contributed by atoms with Crippen LogP contribution in [0.1, 0.15) is 26.7 Å². The first-order valence-electron chi connectivity index (χ1n) is 7.26. The van der Waals surface area contributed by atoms with Crippen LogP contribution < -0.4 is 4.74 Å². The summed E-state index contributed by atoms with van der Waals surface area (Å²) in [5, 5.41) is 9.29. The van der Waals surface area contributed by atoms with Crippen molar-refractivity contribution in [2.75, 3.05) is 13.1 Å². The Morgan fingerprint density at radius 2 is 2.00 bits per heavy atom. The average Bonchev–Trinajstić information content (AvgIpc) is 2.48. The molecule has 0 radical (unpaired) electrons. The predicted molar refractivity (Wildman–Crippen MR) is 78.0 cm³/mol. The van der Waals surface area contributed by atoms with Crippen LogP contribution in [0.2, 0.25) is 0 Å². The van der Waals surface area contributed by atoms with E-state index in [2.05, 4.69) is 0 Å². The van der Waals surface area contributed by atoms with E-state index in [1.165, 1.54) is 29.2 Å². The average molecular weight is 309 g/mol. The summed E-state index contributed by atoms with van der Waals surface area (Å²) in [5.74, 6) is -1.12. The molecule has 0 aliphatic carbocycles. The van der Waals surface area contributed by atoms with Crippen LogP contribution in [0.4, 0.5) is 4.39 Å². The summed E-state index contributed by atoms with van der Waals surface area (Å²) >= 11 is 0. The fourth-order valence-electron chi connectivity index (χ4n) is 2.63. The lowest BCUT2D eigenvalue weighted by atomic mass is 9.82. The highest BCUT2D eigenvalue weighted by atomic mass is 19.1. The summed E-state index contributed by atoms with van der Waals surface area (Å²) in [6.45, 7) is 3.97. The van der Waals surface area contributed by atoms with Gasteiger partial charge in [-0.3, -0.25) is 9.59 Å².